The zero-order valence-electron chi connectivity index (χ0n) is 7.47. The summed E-state index contributed by atoms with van der Waals surface area (Å²) in [7, 11) is 0. The van der Waals surface area contributed by atoms with Crippen LogP contribution in [0.3, 0.4) is 0 Å². The Bertz CT molecular complexity index is 399. The predicted octanol–water partition coefficient (Wildman–Crippen LogP) is 1.73. The number of hydrogen-bond acceptors (Lipinski definition) is 2. The Morgan fingerprint density at radius 3 is 2.38 bits per heavy atom. The van der Waals surface area contributed by atoms with Crippen molar-refractivity contribution in [3.05, 3.63) is 34.7 Å². The van der Waals surface area contributed by atoms with Crippen LogP contribution in [0.4, 0.5) is 0 Å². The van der Waals surface area contributed by atoms with Crippen LogP contribution in [0.25, 0.3) is 0 Å². The number of carbonyl (C=O) groups excluding carboxylic acids is 2. The number of H-pyrrole nitrogens is 1. The molecule has 0 saturated heterocycles. The van der Waals surface area contributed by atoms with Crippen molar-refractivity contribution in [2.24, 2.45) is 0 Å². The van der Waals surface area contributed by atoms with Crippen LogP contribution in [0, 0.1) is 0 Å². The monoisotopic (exact) mass is 175 g/mol. The van der Waals surface area contributed by atoms with Gasteiger partial charge in [-0.15, -0.1) is 0 Å². The average Bonchev–Trinajstić information content (AvgIpc) is 2.59. The third-order valence-corrected chi connectivity index (χ3v) is 2.46. The van der Waals surface area contributed by atoms with Crippen molar-refractivity contribution in [2.45, 2.75) is 13.8 Å². The molecule has 66 valence electrons. The normalized spacial score (nSPS) is 16.5. The summed E-state index contributed by atoms with van der Waals surface area (Å²) in [5.41, 5.74) is 2.01. The molecule has 1 N–H and O–H groups in total. The van der Waals surface area contributed by atoms with Crippen LogP contribution < -0.4 is 0 Å². The van der Waals surface area contributed by atoms with Crippen molar-refractivity contribution >= 4 is 11.6 Å². The lowest BCUT2D eigenvalue weighted by Crippen LogP contribution is -2.18. The van der Waals surface area contributed by atoms with Gasteiger partial charge in [0.05, 0.1) is 11.3 Å². The van der Waals surface area contributed by atoms with Gasteiger partial charge in [-0.05, 0) is 19.9 Å². The molecule has 0 fully saturated rings. The number of Topliss-reactive ketones (excluding diaryl/α,β-unsaturated/α-hetero) is 2. The highest BCUT2D eigenvalue weighted by atomic mass is 16.1. The van der Waals surface area contributed by atoms with Crippen molar-refractivity contribution < 1.29 is 9.59 Å². The Labute approximate surface area is 75.5 Å². The van der Waals surface area contributed by atoms with Gasteiger partial charge in [0, 0.05) is 17.3 Å². The minimum Gasteiger partial charge on any atom is -0.358 e. The third kappa shape index (κ3) is 0.900. The highest BCUT2D eigenvalue weighted by Crippen LogP contribution is 2.24. The fourth-order valence-electron chi connectivity index (χ4n) is 1.48. The molecule has 0 unspecified atom stereocenters. The second kappa shape index (κ2) is 2.42. The van der Waals surface area contributed by atoms with Crippen LogP contribution in [0.2, 0.25) is 0 Å². The molecule has 0 atom stereocenters. The van der Waals surface area contributed by atoms with Crippen LogP contribution in [-0.4, -0.2) is 16.6 Å². The summed E-state index contributed by atoms with van der Waals surface area (Å²) < 4.78 is 0. The standard InChI is InChI=1S/C10H9NO2/c1-5-6(2)10(13)8-7(9(5)12)3-4-11-8/h3-4,11H,1-2H3. The molecule has 3 heteroatoms. The molecule has 0 spiro atoms. The molecule has 0 radical (unpaired) electrons. The number of nitrogens with one attached hydrogen (secondary N) is 1. The van der Waals surface area contributed by atoms with Gasteiger partial charge in [0.15, 0.2) is 5.78 Å². The molecular weight excluding hydrogens is 166 g/mol. The topological polar surface area (TPSA) is 49.9 Å². The molecule has 1 aromatic heterocycles. The van der Waals surface area contributed by atoms with Gasteiger partial charge < -0.3 is 4.98 Å². The fraction of sp³-hybridized carbons (Fsp3) is 0.200. The van der Waals surface area contributed by atoms with Crippen LogP contribution in [0.15, 0.2) is 23.4 Å². The lowest BCUT2D eigenvalue weighted by molar-refractivity contribution is 0.0973. The van der Waals surface area contributed by atoms with E-state index in [1.54, 1.807) is 26.1 Å². The Hall–Kier alpha value is -1.64. The molecule has 3 nitrogen and oxygen atoms in total. The van der Waals surface area contributed by atoms with E-state index < -0.39 is 0 Å². The summed E-state index contributed by atoms with van der Waals surface area (Å²) in [6, 6.07) is 1.64. The van der Waals surface area contributed by atoms with Gasteiger partial charge in [0.2, 0.25) is 5.78 Å². The first-order valence-electron chi connectivity index (χ1n) is 4.07. The van der Waals surface area contributed by atoms with Crippen molar-refractivity contribution in [3.8, 4) is 0 Å². The molecule has 1 heterocycles. The lowest BCUT2D eigenvalue weighted by atomic mass is 9.90. The molecule has 0 aromatic carbocycles. The van der Waals surface area contributed by atoms with E-state index in [1.165, 1.54) is 0 Å². The first-order valence-corrected chi connectivity index (χ1v) is 4.07. The minimum absolute atomic E-state index is 0.0478. The minimum atomic E-state index is -0.0721. The molecule has 1 aliphatic rings. The maximum atomic E-state index is 11.6. The Morgan fingerprint density at radius 2 is 1.69 bits per heavy atom. The summed E-state index contributed by atoms with van der Waals surface area (Å²) >= 11 is 0. The van der Waals surface area contributed by atoms with Crippen LogP contribution in [0.1, 0.15) is 34.7 Å². The average molecular weight is 175 g/mol. The zero-order valence-corrected chi connectivity index (χ0v) is 7.47. The number of allylic oxidation sites excluding steroid dienone is 2. The van der Waals surface area contributed by atoms with E-state index in [9.17, 15) is 9.59 Å². The van der Waals surface area contributed by atoms with E-state index in [4.69, 9.17) is 0 Å². The summed E-state index contributed by atoms with van der Waals surface area (Å²) in [5.74, 6) is -0.120. The van der Waals surface area contributed by atoms with E-state index in [1.807, 2.05) is 0 Å². The molecule has 2 rings (SSSR count). The zero-order chi connectivity index (χ0) is 9.59. The largest absolute Gasteiger partial charge is 0.358 e. The number of carbonyl (C=O) groups is 2. The first-order chi connectivity index (χ1) is 6.13. The molecule has 1 aromatic rings. The smallest absolute Gasteiger partial charge is 0.206 e. The van der Waals surface area contributed by atoms with Crippen molar-refractivity contribution in [1.29, 1.82) is 0 Å². The van der Waals surface area contributed by atoms with Crippen LogP contribution in [0.5, 0.6) is 0 Å². The SMILES string of the molecule is CC1=C(C)C(=O)c2[nH]ccc2C1=O. The fourth-order valence-corrected chi connectivity index (χ4v) is 1.48. The first kappa shape index (κ1) is 7.98. The maximum Gasteiger partial charge on any atom is 0.206 e. The summed E-state index contributed by atoms with van der Waals surface area (Å²) in [5, 5.41) is 0. The quantitative estimate of drug-likeness (QED) is 0.652. The molecule has 0 aliphatic heterocycles. The number of ketones is 2. The van der Waals surface area contributed by atoms with Crippen LogP contribution >= 0.6 is 0 Å². The van der Waals surface area contributed by atoms with E-state index in [0.29, 0.717) is 22.4 Å². The van der Waals surface area contributed by atoms with Crippen molar-refractivity contribution in [2.75, 3.05) is 0 Å². The van der Waals surface area contributed by atoms with E-state index in [2.05, 4.69) is 4.98 Å². The van der Waals surface area contributed by atoms with Crippen molar-refractivity contribution in [3.63, 3.8) is 0 Å². The molecular formula is C10H9NO2. The Morgan fingerprint density at radius 1 is 1.08 bits per heavy atom. The highest BCUT2D eigenvalue weighted by Gasteiger charge is 2.27. The summed E-state index contributed by atoms with van der Waals surface area (Å²) in [4.78, 5) is 26.0. The Balaban J connectivity index is 2.71. The van der Waals surface area contributed by atoms with Crippen molar-refractivity contribution in [1.82, 2.24) is 4.98 Å². The van der Waals surface area contributed by atoms with Gasteiger partial charge in [-0.25, -0.2) is 0 Å². The second-order valence-electron chi connectivity index (χ2n) is 3.17. The van der Waals surface area contributed by atoms with E-state index >= 15 is 0 Å². The van der Waals surface area contributed by atoms with E-state index in [-0.39, 0.29) is 11.6 Å². The third-order valence-electron chi connectivity index (χ3n) is 2.46. The number of hydrogen-bond donors (Lipinski definition) is 1. The highest BCUT2D eigenvalue weighted by molar-refractivity contribution is 6.25. The number of fused-ring (bicyclic) bond motifs is 1. The molecule has 0 saturated carbocycles. The van der Waals surface area contributed by atoms with E-state index in [0.717, 1.165) is 0 Å². The lowest BCUT2D eigenvalue weighted by Gasteiger charge is -2.12. The van der Waals surface area contributed by atoms with Gasteiger partial charge in [-0.2, -0.15) is 0 Å². The van der Waals surface area contributed by atoms with Gasteiger partial charge in [0.1, 0.15) is 0 Å². The maximum absolute atomic E-state index is 11.6. The number of rotatable bonds is 0. The Kier molecular flexibility index (Phi) is 1.49. The molecule has 0 bridgehead atoms. The van der Waals surface area contributed by atoms with Crippen LogP contribution in [-0.2, 0) is 0 Å². The number of aromatic nitrogens is 1. The van der Waals surface area contributed by atoms with Gasteiger partial charge in [-0.3, -0.25) is 9.59 Å². The second-order valence-corrected chi connectivity index (χ2v) is 3.17. The predicted molar refractivity (Wildman–Crippen MR) is 47.8 cm³/mol. The molecule has 13 heavy (non-hydrogen) atoms. The molecule has 1 aliphatic carbocycles. The summed E-state index contributed by atoms with van der Waals surface area (Å²) in [6.07, 6.45) is 1.62. The van der Waals surface area contributed by atoms with Gasteiger partial charge in [-0.1, -0.05) is 0 Å². The van der Waals surface area contributed by atoms with Gasteiger partial charge in [0.25, 0.3) is 0 Å². The summed E-state index contributed by atoms with van der Waals surface area (Å²) in [6.45, 7) is 3.37. The molecule has 0 amide bonds. The number of aromatic amines is 1. The van der Waals surface area contributed by atoms with Gasteiger partial charge >= 0.3 is 0 Å².